The topological polar surface area (TPSA) is 48.2 Å². The molecule has 0 aliphatic carbocycles. The summed E-state index contributed by atoms with van der Waals surface area (Å²) in [6, 6.07) is 30.4. The van der Waals surface area contributed by atoms with Crippen LogP contribution in [-0.2, 0) is 0 Å². The molecule has 34 heavy (non-hydrogen) atoms. The molecule has 0 radical (unpaired) electrons. The van der Waals surface area contributed by atoms with E-state index in [1.165, 1.54) is 5.06 Å². The van der Waals surface area contributed by atoms with Crippen LogP contribution >= 0.6 is 0 Å². The Balaban J connectivity index is 1.47. The summed E-state index contributed by atoms with van der Waals surface area (Å²) in [7, 11) is 0. The van der Waals surface area contributed by atoms with Crippen LogP contribution in [-0.4, -0.2) is 28.1 Å². The number of hydroxylamine groups is 2. The summed E-state index contributed by atoms with van der Waals surface area (Å²) in [6.45, 7) is 0. The molecule has 0 aromatic heterocycles. The summed E-state index contributed by atoms with van der Waals surface area (Å²) >= 11 is 0. The van der Waals surface area contributed by atoms with Crippen molar-refractivity contribution in [2.24, 2.45) is 9.98 Å². The van der Waals surface area contributed by atoms with Crippen molar-refractivity contribution in [2.75, 3.05) is 0 Å². The molecule has 1 aliphatic heterocycles. The zero-order valence-corrected chi connectivity index (χ0v) is 19.1. The highest BCUT2D eigenvalue weighted by Crippen LogP contribution is 2.17. The van der Waals surface area contributed by atoms with Crippen LogP contribution in [0.3, 0.4) is 0 Å². The molecule has 3 aromatic carbocycles. The van der Waals surface area contributed by atoms with Gasteiger partial charge in [0, 0.05) is 19.3 Å². The summed E-state index contributed by atoms with van der Waals surface area (Å²) in [4.78, 5) is 9.38. The van der Waals surface area contributed by atoms with Gasteiger partial charge < -0.3 is 0 Å². The third-order valence-corrected chi connectivity index (χ3v) is 5.38. The Morgan fingerprint density at radius 1 is 0.647 bits per heavy atom. The van der Waals surface area contributed by atoms with E-state index in [0.717, 1.165) is 22.5 Å². The molecule has 3 aromatic rings. The van der Waals surface area contributed by atoms with E-state index in [1.54, 1.807) is 0 Å². The van der Waals surface area contributed by atoms with Gasteiger partial charge in [-0.05, 0) is 16.7 Å². The molecule has 0 saturated heterocycles. The predicted octanol–water partition coefficient (Wildman–Crippen LogP) is 7.12. The van der Waals surface area contributed by atoms with Crippen LogP contribution in [0.4, 0.5) is 0 Å². The van der Waals surface area contributed by atoms with E-state index in [1.807, 2.05) is 85.0 Å². The summed E-state index contributed by atoms with van der Waals surface area (Å²) in [5.41, 5.74) is 3.38. The number of rotatable bonds is 9. The summed E-state index contributed by atoms with van der Waals surface area (Å²) < 4.78 is 0. The Morgan fingerprint density at radius 2 is 1.12 bits per heavy atom. The fourth-order valence-corrected chi connectivity index (χ4v) is 3.64. The van der Waals surface area contributed by atoms with Gasteiger partial charge in [0.05, 0.1) is 0 Å². The molecule has 1 N–H and O–H groups in total. The molecule has 4 heteroatoms. The van der Waals surface area contributed by atoms with Gasteiger partial charge in [-0.15, -0.1) is 0 Å². The van der Waals surface area contributed by atoms with Crippen molar-refractivity contribution in [3.8, 4) is 0 Å². The predicted molar refractivity (Wildman–Crippen MR) is 143 cm³/mol. The van der Waals surface area contributed by atoms with E-state index in [2.05, 4.69) is 47.5 Å². The van der Waals surface area contributed by atoms with Gasteiger partial charge in [0.15, 0.2) is 6.17 Å². The Morgan fingerprint density at radius 3 is 1.65 bits per heavy atom. The molecule has 1 atom stereocenters. The maximum Gasteiger partial charge on any atom is 0.152 e. The third kappa shape index (κ3) is 6.99. The zero-order valence-electron chi connectivity index (χ0n) is 19.1. The molecule has 0 fully saturated rings. The van der Waals surface area contributed by atoms with Gasteiger partial charge in [0.25, 0.3) is 0 Å². The van der Waals surface area contributed by atoms with Gasteiger partial charge in [0.1, 0.15) is 11.7 Å². The van der Waals surface area contributed by atoms with Gasteiger partial charge in [-0.3, -0.25) is 5.21 Å². The molecule has 1 unspecified atom stereocenters. The number of amidine groups is 2. The second kappa shape index (κ2) is 12.3. The Bertz CT molecular complexity index is 1180. The first-order valence-electron chi connectivity index (χ1n) is 11.5. The second-order valence-electron chi connectivity index (χ2n) is 7.98. The lowest BCUT2D eigenvalue weighted by Crippen LogP contribution is -2.40. The highest BCUT2D eigenvalue weighted by Gasteiger charge is 2.23. The van der Waals surface area contributed by atoms with Crippen molar-refractivity contribution in [1.29, 1.82) is 0 Å². The lowest BCUT2D eigenvalue weighted by atomic mass is 10.1. The molecule has 4 nitrogen and oxygen atoms in total. The minimum atomic E-state index is -0.405. The van der Waals surface area contributed by atoms with Gasteiger partial charge in [-0.2, -0.15) is 0 Å². The van der Waals surface area contributed by atoms with E-state index in [4.69, 9.17) is 4.99 Å². The van der Waals surface area contributed by atoms with Crippen molar-refractivity contribution in [3.63, 3.8) is 0 Å². The summed E-state index contributed by atoms with van der Waals surface area (Å²) in [6.07, 6.45) is 13.6. The van der Waals surface area contributed by atoms with E-state index in [0.29, 0.717) is 25.1 Å². The first-order valence-corrected chi connectivity index (χ1v) is 11.5. The molecule has 0 spiro atoms. The summed E-state index contributed by atoms with van der Waals surface area (Å²) in [5, 5.41) is 12.1. The Hall–Kier alpha value is -4.02. The molecule has 170 valence electrons. The number of hydrogen-bond donors (Lipinski definition) is 1. The van der Waals surface area contributed by atoms with Gasteiger partial charge in [0.2, 0.25) is 0 Å². The lowest BCUT2D eigenvalue weighted by molar-refractivity contribution is -0.0530. The van der Waals surface area contributed by atoms with Crippen molar-refractivity contribution in [3.05, 3.63) is 126 Å². The van der Waals surface area contributed by atoms with E-state index >= 15 is 0 Å². The number of aliphatic imine (C=N–C) groups is 2. The fourth-order valence-electron chi connectivity index (χ4n) is 3.64. The SMILES string of the molecule is ON1C(C/C=C/c2ccccc2)=NC(C/C=C/c2ccccc2)=NC1C/C=C/c1ccccc1. The molecule has 4 rings (SSSR count). The average molecular weight is 448 g/mol. The molecule has 0 amide bonds. The Kier molecular flexibility index (Phi) is 8.36. The average Bonchev–Trinajstić information content (AvgIpc) is 2.88. The molecule has 1 heterocycles. The van der Waals surface area contributed by atoms with Crippen molar-refractivity contribution < 1.29 is 5.21 Å². The van der Waals surface area contributed by atoms with Crippen LogP contribution in [0.1, 0.15) is 36.0 Å². The Labute approximate surface area is 201 Å². The molecular weight excluding hydrogens is 418 g/mol. The standard InChI is InChI=1S/C30H29N3O/c34-33-29(23-11-20-26-15-6-2-7-16-26)31-28(22-10-19-25-13-4-1-5-14-25)32-30(33)24-12-21-27-17-8-3-9-18-27/h1-21,29,34H,22-24H2/b19-10+,20-11+,21-12+. The molecular formula is C30H29N3O. The summed E-state index contributed by atoms with van der Waals surface area (Å²) in [5.74, 6) is 1.32. The zero-order chi connectivity index (χ0) is 23.4. The maximum atomic E-state index is 10.9. The normalized spacial score (nSPS) is 16.4. The molecule has 0 saturated carbocycles. The smallest absolute Gasteiger partial charge is 0.152 e. The van der Waals surface area contributed by atoms with Crippen LogP contribution in [0.5, 0.6) is 0 Å². The maximum absolute atomic E-state index is 10.9. The number of benzene rings is 3. The number of nitrogens with zero attached hydrogens (tertiary/aromatic N) is 3. The van der Waals surface area contributed by atoms with Crippen LogP contribution in [0.15, 0.2) is 119 Å². The quantitative estimate of drug-likeness (QED) is 0.379. The van der Waals surface area contributed by atoms with Crippen LogP contribution < -0.4 is 0 Å². The van der Waals surface area contributed by atoms with E-state index in [-0.39, 0.29) is 0 Å². The number of hydrogen-bond acceptors (Lipinski definition) is 4. The largest absolute Gasteiger partial charge is 0.285 e. The lowest BCUT2D eigenvalue weighted by Gasteiger charge is -2.28. The van der Waals surface area contributed by atoms with Crippen LogP contribution in [0.25, 0.3) is 18.2 Å². The monoisotopic (exact) mass is 447 g/mol. The first kappa shape index (κ1) is 23.1. The fraction of sp³-hybridized carbons (Fsp3) is 0.133. The van der Waals surface area contributed by atoms with Gasteiger partial charge in [-0.25, -0.2) is 15.0 Å². The molecule has 0 bridgehead atoms. The minimum Gasteiger partial charge on any atom is -0.285 e. The van der Waals surface area contributed by atoms with E-state index < -0.39 is 6.17 Å². The van der Waals surface area contributed by atoms with Crippen molar-refractivity contribution in [1.82, 2.24) is 5.06 Å². The van der Waals surface area contributed by atoms with Crippen molar-refractivity contribution in [2.45, 2.75) is 25.4 Å². The highest BCUT2D eigenvalue weighted by atomic mass is 16.5. The third-order valence-electron chi connectivity index (χ3n) is 5.38. The van der Waals surface area contributed by atoms with Gasteiger partial charge >= 0.3 is 0 Å². The van der Waals surface area contributed by atoms with Gasteiger partial charge in [-0.1, -0.05) is 127 Å². The second-order valence-corrected chi connectivity index (χ2v) is 7.98. The van der Waals surface area contributed by atoms with Crippen LogP contribution in [0.2, 0.25) is 0 Å². The van der Waals surface area contributed by atoms with Crippen molar-refractivity contribution >= 4 is 29.9 Å². The highest BCUT2D eigenvalue weighted by molar-refractivity contribution is 6.00. The van der Waals surface area contributed by atoms with E-state index in [9.17, 15) is 5.21 Å². The minimum absolute atomic E-state index is 0.405. The van der Waals surface area contributed by atoms with Crippen LogP contribution in [0, 0.1) is 0 Å². The molecule has 1 aliphatic rings. The first-order chi connectivity index (χ1) is 16.8.